The van der Waals surface area contributed by atoms with E-state index in [0.717, 1.165) is 41.3 Å². The molecular weight excluding hydrogens is 460 g/mol. The van der Waals surface area contributed by atoms with E-state index in [2.05, 4.69) is 86.6 Å². The molecule has 212 valence electrons. The minimum atomic E-state index is 0.216. The first-order chi connectivity index (χ1) is 17.9. The van der Waals surface area contributed by atoms with Gasteiger partial charge < -0.3 is 4.74 Å². The third-order valence-electron chi connectivity index (χ3n) is 13.1. The lowest BCUT2D eigenvalue weighted by Crippen LogP contribution is -2.60. The van der Waals surface area contributed by atoms with E-state index >= 15 is 0 Å². The SMILES string of the molecule is CC(C)=CCCC(C)C1CCC2C3CCC4C(C)(C)C(Oc5ccc(C)cc5C)CCC4(C)C3CCC12C. The molecule has 0 radical (unpaired) electrons. The quantitative estimate of drug-likeness (QED) is 0.340. The van der Waals surface area contributed by atoms with E-state index < -0.39 is 0 Å². The Labute approximate surface area is 235 Å². The summed E-state index contributed by atoms with van der Waals surface area (Å²) >= 11 is 0. The maximum atomic E-state index is 6.86. The molecule has 4 aliphatic carbocycles. The van der Waals surface area contributed by atoms with Crippen molar-refractivity contribution in [1.82, 2.24) is 0 Å². The fourth-order valence-corrected chi connectivity index (χ4v) is 11.2. The Hall–Kier alpha value is -1.24. The first-order valence-electron chi connectivity index (χ1n) is 16.2. The van der Waals surface area contributed by atoms with E-state index in [4.69, 9.17) is 4.74 Å². The van der Waals surface area contributed by atoms with Gasteiger partial charge in [-0.1, -0.05) is 64.0 Å². The van der Waals surface area contributed by atoms with Crippen molar-refractivity contribution in [2.75, 3.05) is 0 Å². The monoisotopic (exact) mass is 518 g/mol. The van der Waals surface area contributed by atoms with Gasteiger partial charge in [0.05, 0.1) is 0 Å². The molecule has 9 atom stereocenters. The molecule has 5 rings (SSSR count). The Morgan fingerprint density at radius 2 is 1.63 bits per heavy atom. The lowest BCUT2D eigenvalue weighted by atomic mass is 9.41. The molecule has 0 N–H and O–H groups in total. The predicted octanol–water partition coefficient (Wildman–Crippen LogP) is 10.7. The lowest BCUT2D eigenvalue weighted by Gasteiger charge is -2.65. The molecule has 0 amide bonds. The van der Waals surface area contributed by atoms with Gasteiger partial charge in [-0.15, -0.1) is 0 Å². The van der Waals surface area contributed by atoms with E-state index in [-0.39, 0.29) is 5.41 Å². The van der Waals surface area contributed by atoms with Gasteiger partial charge >= 0.3 is 0 Å². The highest BCUT2D eigenvalue weighted by Crippen LogP contribution is 2.70. The van der Waals surface area contributed by atoms with E-state index in [1.165, 1.54) is 80.9 Å². The zero-order valence-electron chi connectivity index (χ0n) is 26.3. The Bertz CT molecular complexity index is 1030. The van der Waals surface area contributed by atoms with Crippen molar-refractivity contribution >= 4 is 0 Å². The van der Waals surface area contributed by atoms with Crippen LogP contribution >= 0.6 is 0 Å². The van der Waals surface area contributed by atoms with Gasteiger partial charge in [-0.25, -0.2) is 0 Å². The molecule has 0 heterocycles. The molecule has 0 aliphatic heterocycles. The van der Waals surface area contributed by atoms with Crippen LogP contribution in [0.25, 0.3) is 0 Å². The van der Waals surface area contributed by atoms with Crippen LogP contribution in [0.4, 0.5) is 0 Å². The smallest absolute Gasteiger partial charge is 0.122 e. The first kappa shape index (κ1) is 28.3. The highest BCUT2D eigenvalue weighted by molar-refractivity contribution is 5.36. The number of fused-ring (bicyclic) bond motifs is 5. The standard InChI is InChI=1S/C37H58O/c1-24(2)11-10-12-26(4)29-15-16-30-28-14-18-33-35(6,7)34(38-32-17-13-25(3)23-27(32)5)20-22-37(33,9)31(28)19-21-36(29,30)8/h11,13,17,23,26,28-31,33-34H,10,12,14-16,18-22H2,1-9H3. The molecule has 1 nitrogen and oxygen atoms in total. The van der Waals surface area contributed by atoms with Crippen LogP contribution in [0.15, 0.2) is 29.8 Å². The number of aryl methyl sites for hydroxylation is 2. The topological polar surface area (TPSA) is 9.23 Å². The maximum absolute atomic E-state index is 6.86. The lowest BCUT2D eigenvalue weighted by molar-refractivity contribution is -0.174. The maximum Gasteiger partial charge on any atom is 0.122 e. The van der Waals surface area contributed by atoms with Crippen molar-refractivity contribution in [1.29, 1.82) is 0 Å². The van der Waals surface area contributed by atoms with Crippen molar-refractivity contribution in [3.8, 4) is 5.75 Å². The summed E-state index contributed by atoms with van der Waals surface area (Å²) in [6, 6.07) is 6.70. The number of benzene rings is 1. The summed E-state index contributed by atoms with van der Waals surface area (Å²) < 4.78 is 6.86. The van der Waals surface area contributed by atoms with Crippen LogP contribution in [0.5, 0.6) is 5.75 Å². The van der Waals surface area contributed by atoms with E-state index in [9.17, 15) is 0 Å². The molecule has 1 aromatic rings. The van der Waals surface area contributed by atoms with Gasteiger partial charge in [-0.2, -0.15) is 0 Å². The summed E-state index contributed by atoms with van der Waals surface area (Å²) in [5.41, 5.74) is 5.36. The van der Waals surface area contributed by atoms with Gasteiger partial charge in [-0.05, 0) is 150 Å². The van der Waals surface area contributed by atoms with Gasteiger partial charge in [0.25, 0.3) is 0 Å². The average molecular weight is 519 g/mol. The Morgan fingerprint density at radius 1 is 0.921 bits per heavy atom. The summed E-state index contributed by atoms with van der Waals surface area (Å²) in [5, 5.41) is 0. The number of hydrogen-bond acceptors (Lipinski definition) is 1. The van der Waals surface area contributed by atoms with Crippen LogP contribution in [-0.4, -0.2) is 6.10 Å². The Kier molecular flexibility index (Phi) is 7.67. The molecule has 4 saturated carbocycles. The minimum absolute atomic E-state index is 0.216. The van der Waals surface area contributed by atoms with Crippen molar-refractivity contribution in [2.45, 2.75) is 133 Å². The zero-order valence-corrected chi connectivity index (χ0v) is 26.3. The van der Waals surface area contributed by atoms with Gasteiger partial charge in [0.2, 0.25) is 0 Å². The molecular formula is C37H58O. The van der Waals surface area contributed by atoms with Gasteiger partial charge in [0, 0.05) is 5.41 Å². The molecule has 0 bridgehead atoms. The van der Waals surface area contributed by atoms with Gasteiger partial charge in [0.15, 0.2) is 0 Å². The molecule has 4 aliphatic rings. The summed E-state index contributed by atoms with van der Waals surface area (Å²) in [6.07, 6.45) is 16.8. The summed E-state index contributed by atoms with van der Waals surface area (Å²) in [6.45, 7) is 22.0. The number of hydrogen-bond donors (Lipinski definition) is 0. The summed E-state index contributed by atoms with van der Waals surface area (Å²) in [4.78, 5) is 0. The summed E-state index contributed by atoms with van der Waals surface area (Å²) in [7, 11) is 0. The molecule has 1 heteroatoms. The predicted molar refractivity (Wildman–Crippen MR) is 163 cm³/mol. The second kappa shape index (κ2) is 10.3. The molecule has 38 heavy (non-hydrogen) atoms. The van der Waals surface area contributed by atoms with Crippen molar-refractivity contribution in [2.24, 2.45) is 51.8 Å². The highest BCUT2D eigenvalue weighted by atomic mass is 16.5. The fraction of sp³-hybridized carbons (Fsp3) is 0.784. The second-order valence-electron chi connectivity index (χ2n) is 15.8. The molecule has 0 saturated heterocycles. The molecule has 4 fully saturated rings. The van der Waals surface area contributed by atoms with Gasteiger partial charge in [-0.3, -0.25) is 0 Å². The van der Waals surface area contributed by atoms with Crippen molar-refractivity contribution < 1.29 is 4.74 Å². The third-order valence-corrected chi connectivity index (χ3v) is 13.1. The van der Waals surface area contributed by atoms with Crippen LogP contribution in [-0.2, 0) is 0 Å². The van der Waals surface area contributed by atoms with E-state index in [1.54, 1.807) is 0 Å². The molecule has 9 unspecified atom stereocenters. The number of ether oxygens (including phenoxy) is 1. The average Bonchev–Trinajstić information content (AvgIpc) is 3.19. The number of rotatable bonds is 6. The van der Waals surface area contributed by atoms with Crippen molar-refractivity contribution in [3.63, 3.8) is 0 Å². The van der Waals surface area contributed by atoms with Crippen LogP contribution in [0.3, 0.4) is 0 Å². The second-order valence-corrected chi connectivity index (χ2v) is 15.8. The molecule has 0 aromatic heterocycles. The van der Waals surface area contributed by atoms with Crippen LogP contribution in [0, 0.1) is 65.6 Å². The normalized spacial score (nSPS) is 40.4. The van der Waals surface area contributed by atoms with E-state index in [1.807, 2.05) is 0 Å². The molecule has 1 aromatic carbocycles. The first-order valence-corrected chi connectivity index (χ1v) is 16.2. The highest BCUT2D eigenvalue weighted by Gasteiger charge is 2.63. The Balaban J connectivity index is 1.31. The van der Waals surface area contributed by atoms with Crippen molar-refractivity contribution in [3.05, 3.63) is 41.0 Å². The van der Waals surface area contributed by atoms with Crippen LogP contribution < -0.4 is 4.74 Å². The van der Waals surface area contributed by atoms with Crippen LogP contribution in [0.1, 0.15) is 124 Å². The summed E-state index contributed by atoms with van der Waals surface area (Å²) in [5.74, 6) is 6.50. The minimum Gasteiger partial charge on any atom is -0.490 e. The van der Waals surface area contributed by atoms with Crippen LogP contribution in [0.2, 0.25) is 0 Å². The number of allylic oxidation sites excluding steroid dienone is 2. The van der Waals surface area contributed by atoms with Gasteiger partial charge in [0.1, 0.15) is 11.9 Å². The van der Waals surface area contributed by atoms with E-state index in [0.29, 0.717) is 16.9 Å². The fourth-order valence-electron chi connectivity index (χ4n) is 11.2. The molecule has 0 spiro atoms. The largest absolute Gasteiger partial charge is 0.490 e. The third kappa shape index (κ3) is 4.71. The Morgan fingerprint density at radius 3 is 2.34 bits per heavy atom. The zero-order chi connectivity index (χ0) is 27.5.